The van der Waals surface area contributed by atoms with Gasteiger partial charge in [0.05, 0.1) is 6.54 Å². The molecule has 4 rings (SSSR count). The second-order valence-corrected chi connectivity index (χ2v) is 7.49. The van der Waals surface area contributed by atoms with Crippen molar-refractivity contribution in [2.24, 2.45) is 5.92 Å². The van der Waals surface area contributed by atoms with Crippen LogP contribution in [0.3, 0.4) is 0 Å². The summed E-state index contributed by atoms with van der Waals surface area (Å²) >= 11 is 0. The van der Waals surface area contributed by atoms with Crippen LogP contribution in [0.15, 0.2) is 53.5 Å². The molecule has 3 heterocycles. The van der Waals surface area contributed by atoms with Crippen LogP contribution in [0.5, 0.6) is 0 Å². The van der Waals surface area contributed by atoms with Crippen LogP contribution in [-0.2, 0) is 6.54 Å². The van der Waals surface area contributed by atoms with E-state index in [1.807, 2.05) is 6.07 Å². The molecule has 1 aromatic carbocycles. The number of amides is 1. The molecule has 0 unspecified atom stereocenters. The normalized spacial score (nSPS) is 17.1. The monoisotopic (exact) mass is 379 g/mol. The number of aromatic nitrogens is 2. The third kappa shape index (κ3) is 3.54. The van der Waals surface area contributed by atoms with Gasteiger partial charge < -0.3 is 4.90 Å². The first-order valence-corrected chi connectivity index (χ1v) is 9.55. The van der Waals surface area contributed by atoms with Gasteiger partial charge in [-0.3, -0.25) is 14.2 Å². The van der Waals surface area contributed by atoms with Gasteiger partial charge in [0.25, 0.3) is 11.5 Å². The third-order valence-corrected chi connectivity index (χ3v) is 5.28. The summed E-state index contributed by atoms with van der Waals surface area (Å²) in [5.74, 6) is -0.126. The highest BCUT2D eigenvalue weighted by Crippen LogP contribution is 2.19. The Kier molecular flexibility index (Phi) is 4.94. The molecule has 5 nitrogen and oxygen atoms in total. The molecule has 144 valence electrons. The minimum absolute atomic E-state index is 0.164. The molecule has 0 N–H and O–H groups in total. The van der Waals surface area contributed by atoms with Crippen molar-refractivity contribution in [3.05, 3.63) is 76.0 Å². The summed E-state index contributed by atoms with van der Waals surface area (Å²) < 4.78 is 14.7. The van der Waals surface area contributed by atoms with E-state index in [0.717, 1.165) is 23.8 Å². The Hall–Kier alpha value is -3.02. The fraction of sp³-hybridized carbons (Fsp3) is 0.318. The Morgan fingerprint density at radius 1 is 1.25 bits per heavy atom. The number of nitrogens with zero attached hydrogens (tertiary/aromatic N) is 3. The van der Waals surface area contributed by atoms with Crippen molar-refractivity contribution in [2.75, 3.05) is 13.1 Å². The first kappa shape index (κ1) is 18.3. The van der Waals surface area contributed by atoms with Gasteiger partial charge in [0, 0.05) is 24.7 Å². The molecule has 28 heavy (non-hydrogen) atoms. The maximum absolute atomic E-state index is 13.2. The number of carbonyl (C=O) groups excluding carboxylic acids is 1. The van der Waals surface area contributed by atoms with Crippen LogP contribution in [-0.4, -0.2) is 33.4 Å². The molecule has 1 fully saturated rings. The molecule has 0 aliphatic carbocycles. The van der Waals surface area contributed by atoms with Gasteiger partial charge in [0.2, 0.25) is 0 Å². The van der Waals surface area contributed by atoms with E-state index in [0.29, 0.717) is 24.7 Å². The quantitative estimate of drug-likeness (QED) is 0.700. The lowest BCUT2D eigenvalue weighted by Crippen LogP contribution is -2.42. The summed E-state index contributed by atoms with van der Waals surface area (Å²) in [7, 11) is 0. The fourth-order valence-corrected chi connectivity index (χ4v) is 3.82. The molecule has 1 atom stereocenters. The molecular weight excluding hydrogens is 357 g/mol. The fourth-order valence-electron chi connectivity index (χ4n) is 3.82. The van der Waals surface area contributed by atoms with E-state index in [9.17, 15) is 14.0 Å². The molecule has 1 aliphatic rings. The third-order valence-electron chi connectivity index (χ3n) is 5.28. The van der Waals surface area contributed by atoms with Crippen molar-refractivity contribution in [1.29, 1.82) is 0 Å². The molecule has 0 spiro atoms. The highest BCUT2D eigenvalue weighted by atomic mass is 19.1. The summed E-state index contributed by atoms with van der Waals surface area (Å²) in [5, 5.41) is 0.734. The topological polar surface area (TPSA) is 55.2 Å². The Balaban J connectivity index is 1.79. The molecule has 6 heteroatoms. The summed E-state index contributed by atoms with van der Waals surface area (Å²) in [6.45, 7) is 3.69. The molecule has 1 aliphatic heterocycles. The van der Waals surface area contributed by atoms with E-state index in [4.69, 9.17) is 0 Å². The number of hydrogen-bond donors (Lipinski definition) is 0. The van der Waals surface area contributed by atoms with Crippen LogP contribution in [0.4, 0.5) is 4.39 Å². The van der Waals surface area contributed by atoms with Crippen LogP contribution in [0.25, 0.3) is 11.0 Å². The second kappa shape index (κ2) is 7.54. The van der Waals surface area contributed by atoms with Crippen LogP contribution in [0.2, 0.25) is 0 Å². The number of pyridine rings is 2. The molecule has 0 bridgehead atoms. The lowest BCUT2D eigenvalue weighted by Gasteiger charge is -2.31. The standard InChI is InChI=1S/C22H22FN3O2/c1-15-4-3-11-25(13-15)21(27)19-12-17-5-2-10-24-20(17)26(22(19)28)14-16-6-8-18(23)9-7-16/h2,5-10,12,15H,3-4,11,13-14H2,1H3/t15-/m0/s1. The molecule has 0 radical (unpaired) electrons. The number of benzene rings is 1. The van der Waals surface area contributed by atoms with E-state index in [2.05, 4.69) is 11.9 Å². The molecule has 1 amide bonds. The van der Waals surface area contributed by atoms with Gasteiger partial charge in [-0.2, -0.15) is 0 Å². The number of rotatable bonds is 3. The van der Waals surface area contributed by atoms with E-state index < -0.39 is 0 Å². The number of fused-ring (bicyclic) bond motifs is 1. The van der Waals surface area contributed by atoms with Gasteiger partial charge in [-0.05, 0) is 54.7 Å². The Morgan fingerprint density at radius 2 is 2.04 bits per heavy atom. The van der Waals surface area contributed by atoms with Crippen molar-refractivity contribution >= 4 is 16.9 Å². The zero-order valence-corrected chi connectivity index (χ0v) is 15.8. The number of likely N-dealkylation sites (tertiary alicyclic amines) is 1. The lowest BCUT2D eigenvalue weighted by molar-refractivity contribution is 0.0681. The zero-order chi connectivity index (χ0) is 19.7. The van der Waals surface area contributed by atoms with E-state index in [1.165, 1.54) is 16.7 Å². The van der Waals surface area contributed by atoms with Crippen molar-refractivity contribution in [3.63, 3.8) is 0 Å². The van der Waals surface area contributed by atoms with Crippen LogP contribution in [0.1, 0.15) is 35.7 Å². The second-order valence-electron chi connectivity index (χ2n) is 7.49. The number of piperidine rings is 1. The van der Waals surface area contributed by atoms with Crippen molar-refractivity contribution in [3.8, 4) is 0 Å². The van der Waals surface area contributed by atoms with Gasteiger partial charge >= 0.3 is 0 Å². The predicted molar refractivity (Wildman–Crippen MR) is 106 cm³/mol. The molecule has 1 saturated heterocycles. The van der Waals surface area contributed by atoms with Gasteiger partial charge in [-0.25, -0.2) is 9.37 Å². The first-order valence-electron chi connectivity index (χ1n) is 9.55. The Morgan fingerprint density at radius 3 is 2.79 bits per heavy atom. The Labute approximate surface area is 162 Å². The highest BCUT2D eigenvalue weighted by Gasteiger charge is 2.25. The summed E-state index contributed by atoms with van der Waals surface area (Å²) in [6, 6.07) is 11.3. The van der Waals surface area contributed by atoms with E-state index in [1.54, 1.807) is 35.4 Å². The minimum atomic E-state index is -0.362. The summed E-state index contributed by atoms with van der Waals surface area (Å²) in [4.78, 5) is 32.4. The lowest BCUT2D eigenvalue weighted by atomic mass is 9.99. The largest absolute Gasteiger partial charge is 0.338 e. The number of halogens is 1. The predicted octanol–water partition coefficient (Wildman–Crippen LogP) is 3.46. The van der Waals surface area contributed by atoms with Gasteiger partial charge in [-0.15, -0.1) is 0 Å². The van der Waals surface area contributed by atoms with Crippen LogP contribution < -0.4 is 5.56 Å². The van der Waals surface area contributed by atoms with Gasteiger partial charge in [0.1, 0.15) is 17.0 Å². The number of carbonyl (C=O) groups is 1. The average Bonchev–Trinajstić information content (AvgIpc) is 2.71. The van der Waals surface area contributed by atoms with Crippen molar-refractivity contribution < 1.29 is 9.18 Å². The van der Waals surface area contributed by atoms with Crippen molar-refractivity contribution in [2.45, 2.75) is 26.3 Å². The molecule has 3 aromatic rings. The smallest absolute Gasteiger partial charge is 0.265 e. The molecule has 0 saturated carbocycles. The Bertz CT molecular complexity index is 1080. The average molecular weight is 379 g/mol. The van der Waals surface area contributed by atoms with Gasteiger partial charge in [0.15, 0.2) is 0 Å². The minimum Gasteiger partial charge on any atom is -0.338 e. The van der Waals surface area contributed by atoms with Crippen LogP contribution in [0, 0.1) is 11.7 Å². The van der Waals surface area contributed by atoms with Crippen LogP contribution >= 0.6 is 0 Å². The zero-order valence-electron chi connectivity index (χ0n) is 15.8. The highest BCUT2D eigenvalue weighted by molar-refractivity contribution is 5.97. The summed E-state index contributed by atoms with van der Waals surface area (Å²) in [5.41, 5.74) is 1.09. The van der Waals surface area contributed by atoms with E-state index >= 15 is 0 Å². The molecule has 2 aromatic heterocycles. The first-order chi connectivity index (χ1) is 13.5. The maximum Gasteiger partial charge on any atom is 0.265 e. The maximum atomic E-state index is 13.2. The van der Waals surface area contributed by atoms with Crippen molar-refractivity contribution in [1.82, 2.24) is 14.5 Å². The SMILES string of the molecule is C[C@H]1CCCN(C(=O)c2cc3cccnc3n(Cc3ccc(F)cc3)c2=O)C1. The number of hydrogen-bond acceptors (Lipinski definition) is 3. The van der Waals surface area contributed by atoms with Gasteiger partial charge in [-0.1, -0.05) is 19.1 Å². The molecular formula is C22H22FN3O2. The van der Waals surface area contributed by atoms with E-state index in [-0.39, 0.29) is 29.4 Å². The summed E-state index contributed by atoms with van der Waals surface area (Å²) in [6.07, 6.45) is 3.67.